The summed E-state index contributed by atoms with van der Waals surface area (Å²) in [5.74, 6) is -0.838. The van der Waals surface area contributed by atoms with Crippen molar-refractivity contribution in [1.82, 2.24) is 10.2 Å². The van der Waals surface area contributed by atoms with Gasteiger partial charge in [0.15, 0.2) is 0 Å². The fraction of sp³-hybridized carbons (Fsp3) is 0.846. The summed E-state index contributed by atoms with van der Waals surface area (Å²) in [5, 5.41) is 11.9. The third-order valence-corrected chi connectivity index (χ3v) is 3.51. The molecule has 0 bridgehead atoms. The van der Waals surface area contributed by atoms with E-state index in [0.717, 1.165) is 32.4 Å². The summed E-state index contributed by atoms with van der Waals surface area (Å²) in [6.07, 6.45) is 3.60. The first-order valence-electron chi connectivity index (χ1n) is 6.74. The van der Waals surface area contributed by atoms with Crippen LogP contribution >= 0.6 is 0 Å². The van der Waals surface area contributed by atoms with E-state index in [1.165, 1.54) is 0 Å². The zero-order chi connectivity index (χ0) is 13.5. The highest BCUT2D eigenvalue weighted by Gasteiger charge is 2.20. The number of nitrogens with zero attached hydrogens (tertiary/aromatic N) is 1. The number of aliphatic carboxylic acids is 1. The zero-order valence-corrected chi connectivity index (χ0v) is 11.3. The van der Waals surface area contributed by atoms with Crippen LogP contribution in [0.4, 0.5) is 0 Å². The lowest BCUT2D eigenvalue weighted by Crippen LogP contribution is -2.47. The molecule has 0 aromatic carbocycles. The monoisotopic (exact) mass is 256 g/mol. The Hall–Kier alpha value is -1.10. The van der Waals surface area contributed by atoms with Gasteiger partial charge in [-0.25, -0.2) is 0 Å². The molecule has 1 aliphatic heterocycles. The predicted octanol–water partition coefficient (Wildman–Crippen LogP) is 1.09. The van der Waals surface area contributed by atoms with Gasteiger partial charge in [-0.1, -0.05) is 13.3 Å². The van der Waals surface area contributed by atoms with Gasteiger partial charge in [0, 0.05) is 19.1 Å². The second-order valence-corrected chi connectivity index (χ2v) is 5.19. The number of carboxylic acids is 1. The Morgan fingerprint density at radius 3 is 2.44 bits per heavy atom. The molecule has 0 aromatic heterocycles. The van der Waals surface area contributed by atoms with Crippen LogP contribution < -0.4 is 5.32 Å². The summed E-state index contributed by atoms with van der Waals surface area (Å²) in [4.78, 5) is 24.1. The van der Waals surface area contributed by atoms with Crippen LogP contribution in [0.15, 0.2) is 0 Å². The molecular weight excluding hydrogens is 232 g/mol. The quantitative estimate of drug-likeness (QED) is 0.682. The molecule has 104 valence electrons. The number of hydrogen-bond acceptors (Lipinski definition) is 3. The third-order valence-electron chi connectivity index (χ3n) is 3.51. The lowest BCUT2D eigenvalue weighted by atomic mass is 10.0. The molecular formula is C13H24N2O3. The molecule has 0 spiro atoms. The van der Waals surface area contributed by atoms with Crippen molar-refractivity contribution in [3.8, 4) is 0 Å². The van der Waals surface area contributed by atoms with Gasteiger partial charge >= 0.3 is 5.97 Å². The largest absolute Gasteiger partial charge is 0.481 e. The summed E-state index contributed by atoms with van der Waals surface area (Å²) >= 11 is 0. The first-order valence-corrected chi connectivity index (χ1v) is 6.74. The molecule has 2 unspecified atom stereocenters. The summed E-state index contributed by atoms with van der Waals surface area (Å²) in [5.41, 5.74) is 0. The molecule has 5 nitrogen and oxygen atoms in total. The van der Waals surface area contributed by atoms with E-state index < -0.39 is 5.97 Å². The normalized spacial score (nSPS) is 18.0. The average molecular weight is 256 g/mol. The van der Waals surface area contributed by atoms with Crippen LogP contribution in [0, 0.1) is 5.92 Å². The topological polar surface area (TPSA) is 69.6 Å². The highest BCUT2D eigenvalue weighted by atomic mass is 16.4. The zero-order valence-electron chi connectivity index (χ0n) is 11.3. The van der Waals surface area contributed by atoms with E-state index in [1.54, 1.807) is 6.92 Å². The summed E-state index contributed by atoms with van der Waals surface area (Å²) in [6, 6.07) is 0.260. The van der Waals surface area contributed by atoms with Gasteiger partial charge in [0.1, 0.15) is 0 Å². The van der Waals surface area contributed by atoms with Crippen LogP contribution in [0.1, 0.15) is 39.5 Å². The van der Waals surface area contributed by atoms with E-state index in [-0.39, 0.29) is 17.9 Å². The number of hydrogen-bond donors (Lipinski definition) is 2. The first-order chi connectivity index (χ1) is 8.50. The number of amides is 1. The first kappa shape index (κ1) is 15.0. The van der Waals surface area contributed by atoms with Gasteiger partial charge in [0.2, 0.25) is 5.91 Å². The van der Waals surface area contributed by atoms with Crippen LogP contribution in [0.2, 0.25) is 0 Å². The van der Waals surface area contributed by atoms with Gasteiger partial charge in [-0.15, -0.1) is 0 Å². The maximum atomic E-state index is 11.6. The molecule has 1 aliphatic rings. The van der Waals surface area contributed by atoms with Crippen molar-refractivity contribution in [1.29, 1.82) is 0 Å². The van der Waals surface area contributed by atoms with Crippen molar-refractivity contribution < 1.29 is 14.7 Å². The average Bonchev–Trinajstić information content (AvgIpc) is 2.23. The molecule has 1 rings (SSSR count). The maximum absolute atomic E-state index is 11.6. The Balaban J connectivity index is 2.04. The molecule has 2 atom stereocenters. The van der Waals surface area contributed by atoms with Crippen LogP contribution in [-0.4, -0.2) is 47.6 Å². The minimum Gasteiger partial charge on any atom is -0.481 e. The fourth-order valence-corrected chi connectivity index (χ4v) is 1.89. The minimum atomic E-state index is -0.733. The number of nitrogens with one attached hydrogen (secondary N) is 1. The summed E-state index contributed by atoms with van der Waals surface area (Å²) in [6.45, 7) is 5.95. The van der Waals surface area contributed by atoms with E-state index in [9.17, 15) is 9.59 Å². The van der Waals surface area contributed by atoms with Crippen molar-refractivity contribution in [2.24, 2.45) is 5.92 Å². The minimum absolute atomic E-state index is 0.173. The predicted molar refractivity (Wildman–Crippen MR) is 69.3 cm³/mol. The second kappa shape index (κ2) is 7.36. The van der Waals surface area contributed by atoms with Gasteiger partial charge in [-0.05, 0) is 26.2 Å². The lowest BCUT2D eigenvalue weighted by molar-refractivity contribution is -0.141. The Morgan fingerprint density at radius 2 is 1.94 bits per heavy atom. The SMILES string of the molecule is CC(CCCC(C)C(=O)O)NCC(=O)N1CCC1. The van der Waals surface area contributed by atoms with Gasteiger partial charge < -0.3 is 15.3 Å². The van der Waals surface area contributed by atoms with Crippen LogP contribution in [0.3, 0.4) is 0 Å². The summed E-state index contributed by atoms with van der Waals surface area (Å²) in [7, 11) is 0. The van der Waals surface area contributed by atoms with E-state index in [4.69, 9.17) is 5.11 Å². The molecule has 2 N–H and O–H groups in total. The van der Waals surface area contributed by atoms with Crippen molar-refractivity contribution in [3.05, 3.63) is 0 Å². The molecule has 1 amide bonds. The van der Waals surface area contributed by atoms with Gasteiger partial charge in [-0.3, -0.25) is 9.59 Å². The molecule has 1 saturated heterocycles. The Kier molecular flexibility index (Phi) is 6.12. The molecule has 18 heavy (non-hydrogen) atoms. The Labute approximate surface area is 109 Å². The van der Waals surface area contributed by atoms with Crippen LogP contribution in [0.5, 0.6) is 0 Å². The number of carboxylic acid groups (broad SMARTS) is 1. The standard InChI is InChI=1S/C13H24N2O3/c1-10(13(17)18)5-3-6-11(2)14-9-12(16)15-7-4-8-15/h10-11,14H,3-9H2,1-2H3,(H,17,18). The number of carbonyl (C=O) groups is 2. The fourth-order valence-electron chi connectivity index (χ4n) is 1.89. The van der Waals surface area contributed by atoms with E-state index in [2.05, 4.69) is 5.32 Å². The molecule has 1 heterocycles. The molecule has 5 heteroatoms. The van der Waals surface area contributed by atoms with Gasteiger partial charge in [-0.2, -0.15) is 0 Å². The van der Waals surface area contributed by atoms with Crippen molar-refractivity contribution in [3.63, 3.8) is 0 Å². The van der Waals surface area contributed by atoms with Crippen LogP contribution in [-0.2, 0) is 9.59 Å². The lowest BCUT2D eigenvalue weighted by Gasteiger charge is -2.31. The second-order valence-electron chi connectivity index (χ2n) is 5.19. The number of likely N-dealkylation sites (tertiary alicyclic amines) is 1. The van der Waals surface area contributed by atoms with Gasteiger partial charge in [0.25, 0.3) is 0 Å². The van der Waals surface area contributed by atoms with Crippen molar-refractivity contribution in [2.75, 3.05) is 19.6 Å². The van der Waals surface area contributed by atoms with E-state index in [1.807, 2.05) is 11.8 Å². The van der Waals surface area contributed by atoms with Gasteiger partial charge in [0.05, 0.1) is 12.5 Å². The molecule has 0 aromatic rings. The highest BCUT2D eigenvalue weighted by Crippen LogP contribution is 2.10. The third kappa shape index (κ3) is 5.04. The highest BCUT2D eigenvalue weighted by molar-refractivity contribution is 5.78. The van der Waals surface area contributed by atoms with Crippen molar-refractivity contribution in [2.45, 2.75) is 45.6 Å². The van der Waals surface area contributed by atoms with E-state index >= 15 is 0 Å². The summed E-state index contributed by atoms with van der Waals surface area (Å²) < 4.78 is 0. The smallest absolute Gasteiger partial charge is 0.306 e. The van der Waals surface area contributed by atoms with Crippen molar-refractivity contribution >= 4 is 11.9 Å². The molecule has 0 radical (unpaired) electrons. The molecule has 0 saturated carbocycles. The maximum Gasteiger partial charge on any atom is 0.306 e. The Bertz CT molecular complexity index is 290. The molecule has 1 fully saturated rings. The van der Waals surface area contributed by atoms with Crippen LogP contribution in [0.25, 0.3) is 0 Å². The molecule has 0 aliphatic carbocycles. The number of rotatable bonds is 8. The number of carbonyl (C=O) groups excluding carboxylic acids is 1. The Morgan fingerprint density at radius 1 is 1.28 bits per heavy atom. The van der Waals surface area contributed by atoms with E-state index in [0.29, 0.717) is 13.0 Å².